The predicted molar refractivity (Wildman–Crippen MR) is 68.0 cm³/mol. The zero-order valence-electron chi connectivity index (χ0n) is 10.5. The predicted octanol–water partition coefficient (Wildman–Crippen LogP) is 1.42. The number of nitrogens with one attached hydrogen (secondary N) is 1. The van der Waals surface area contributed by atoms with Crippen molar-refractivity contribution in [3.8, 4) is 0 Å². The van der Waals surface area contributed by atoms with Crippen molar-refractivity contribution < 1.29 is 17.2 Å². The molecule has 0 bridgehead atoms. The summed E-state index contributed by atoms with van der Waals surface area (Å²) < 4.78 is 48.8. The Morgan fingerprint density at radius 1 is 1.30 bits per heavy atom. The van der Waals surface area contributed by atoms with Crippen LogP contribution in [0.5, 0.6) is 0 Å². The maximum atomic E-state index is 12.4. The van der Waals surface area contributed by atoms with E-state index in [0.29, 0.717) is 18.1 Å². The highest BCUT2D eigenvalue weighted by atomic mass is 32.2. The monoisotopic (exact) mass is 302 g/mol. The van der Waals surface area contributed by atoms with Crippen molar-refractivity contribution in [2.75, 3.05) is 5.32 Å². The van der Waals surface area contributed by atoms with Crippen molar-refractivity contribution in [2.24, 2.45) is 7.05 Å². The van der Waals surface area contributed by atoms with Gasteiger partial charge in [-0.15, -0.1) is 0 Å². The van der Waals surface area contributed by atoms with Crippen LogP contribution in [0, 0.1) is 0 Å². The summed E-state index contributed by atoms with van der Waals surface area (Å²) in [6, 6.07) is 5.12. The van der Waals surface area contributed by atoms with E-state index in [1.165, 1.54) is 18.5 Å². The molecule has 1 N–H and O–H groups in total. The minimum atomic E-state index is -4.55. The van der Waals surface area contributed by atoms with Gasteiger partial charge in [-0.25, -0.2) is 13.4 Å². The minimum Gasteiger partial charge on any atom is -0.378 e. The van der Waals surface area contributed by atoms with Crippen molar-refractivity contribution in [3.05, 3.63) is 36.4 Å². The summed E-state index contributed by atoms with van der Waals surface area (Å²) in [5, 5.41) is 6.89. The molecule has 0 aliphatic carbocycles. The highest BCUT2D eigenvalue weighted by Gasteiger charge is 2.26. The Morgan fingerprint density at radius 3 is 2.45 bits per heavy atom. The van der Waals surface area contributed by atoms with Gasteiger partial charge in [0.05, 0.1) is 11.4 Å². The number of alkyl halides is 2. The molecule has 1 aromatic heterocycles. The van der Waals surface area contributed by atoms with Crippen molar-refractivity contribution in [3.63, 3.8) is 0 Å². The van der Waals surface area contributed by atoms with Crippen molar-refractivity contribution >= 4 is 15.5 Å². The van der Waals surface area contributed by atoms with E-state index in [-0.39, 0.29) is 0 Å². The first-order valence-electron chi connectivity index (χ1n) is 5.60. The largest absolute Gasteiger partial charge is 0.378 e. The molecular formula is C11H12F2N4O2S. The van der Waals surface area contributed by atoms with Gasteiger partial charge in [-0.2, -0.15) is 13.9 Å². The fourth-order valence-corrected chi connectivity index (χ4v) is 2.25. The van der Waals surface area contributed by atoms with Crippen molar-refractivity contribution in [1.29, 1.82) is 0 Å². The minimum absolute atomic E-state index is 0.386. The molecule has 0 aliphatic rings. The van der Waals surface area contributed by atoms with E-state index >= 15 is 0 Å². The zero-order chi connectivity index (χ0) is 14.8. The second-order valence-electron chi connectivity index (χ2n) is 3.98. The molecule has 0 unspecified atom stereocenters. The molecule has 0 saturated heterocycles. The molecule has 0 spiro atoms. The molecule has 0 atom stereocenters. The van der Waals surface area contributed by atoms with Crippen LogP contribution >= 0.6 is 0 Å². The van der Waals surface area contributed by atoms with Gasteiger partial charge in [0, 0.05) is 12.7 Å². The summed E-state index contributed by atoms with van der Waals surface area (Å²) in [5.74, 6) is -2.73. The molecule has 1 aromatic carbocycles. The summed E-state index contributed by atoms with van der Waals surface area (Å²) >= 11 is 0. The molecule has 0 aliphatic heterocycles. The summed E-state index contributed by atoms with van der Waals surface area (Å²) in [4.78, 5) is 3.60. The third-order valence-corrected chi connectivity index (χ3v) is 4.07. The number of hydrogen-bond donors (Lipinski definition) is 1. The van der Waals surface area contributed by atoms with Gasteiger partial charge in [0.2, 0.25) is 9.84 Å². The molecule has 9 heteroatoms. The van der Waals surface area contributed by atoms with Gasteiger partial charge in [-0.05, 0) is 24.3 Å². The van der Waals surface area contributed by atoms with Crippen LogP contribution in [-0.4, -0.2) is 28.9 Å². The van der Waals surface area contributed by atoms with Gasteiger partial charge >= 0.3 is 5.76 Å². The smallest absolute Gasteiger partial charge is 0.341 e. The molecular weight excluding hydrogens is 290 g/mol. The maximum Gasteiger partial charge on any atom is 0.341 e. The van der Waals surface area contributed by atoms with Crippen LogP contribution in [0.2, 0.25) is 0 Å². The molecule has 2 aromatic rings. The molecule has 6 nitrogen and oxygen atoms in total. The van der Waals surface area contributed by atoms with E-state index in [9.17, 15) is 17.2 Å². The number of aryl methyl sites for hydroxylation is 1. The average Bonchev–Trinajstić information content (AvgIpc) is 2.82. The maximum absolute atomic E-state index is 12.4. The highest BCUT2D eigenvalue weighted by Crippen LogP contribution is 2.20. The molecule has 0 fully saturated rings. The van der Waals surface area contributed by atoms with E-state index in [1.807, 2.05) is 0 Å². The third-order valence-electron chi connectivity index (χ3n) is 2.67. The first-order valence-corrected chi connectivity index (χ1v) is 7.15. The number of nitrogens with zero attached hydrogens (tertiary/aromatic N) is 3. The van der Waals surface area contributed by atoms with Gasteiger partial charge < -0.3 is 5.32 Å². The van der Waals surface area contributed by atoms with E-state index in [1.54, 1.807) is 11.7 Å². The lowest BCUT2D eigenvalue weighted by Gasteiger charge is -2.07. The van der Waals surface area contributed by atoms with Crippen LogP contribution in [-0.2, 0) is 23.4 Å². The lowest BCUT2D eigenvalue weighted by Crippen LogP contribution is -2.11. The first-order chi connectivity index (χ1) is 9.41. The average molecular weight is 302 g/mol. The number of sulfone groups is 1. The summed E-state index contributed by atoms with van der Waals surface area (Å²) in [5.41, 5.74) is 0.598. The SMILES string of the molecule is Cn1ncnc1CNc1ccc(S(=O)(=O)C(F)F)cc1. The van der Waals surface area contributed by atoms with Crippen molar-refractivity contribution in [1.82, 2.24) is 14.8 Å². The Hall–Kier alpha value is -2.03. The molecule has 0 radical (unpaired) electrons. The Bertz CT molecular complexity index is 683. The Labute approximate surface area is 114 Å². The molecule has 108 valence electrons. The number of hydrogen-bond acceptors (Lipinski definition) is 5. The summed E-state index contributed by atoms with van der Waals surface area (Å²) in [6.07, 6.45) is 1.41. The second kappa shape index (κ2) is 5.53. The van der Waals surface area contributed by atoms with Crippen LogP contribution in [0.15, 0.2) is 35.5 Å². The van der Waals surface area contributed by atoms with Crippen LogP contribution in [0.4, 0.5) is 14.5 Å². The molecule has 2 rings (SSSR count). The van der Waals surface area contributed by atoms with Crippen LogP contribution in [0.25, 0.3) is 0 Å². The van der Waals surface area contributed by atoms with Crippen molar-refractivity contribution in [2.45, 2.75) is 17.2 Å². The number of anilines is 1. The quantitative estimate of drug-likeness (QED) is 0.904. The lowest BCUT2D eigenvalue weighted by molar-refractivity contribution is 0.234. The van der Waals surface area contributed by atoms with Crippen LogP contribution < -0.4 is 5.32 Å². The molecule has 1 heterocycles. The summed E-state index contributed by atoms with van der Waals surface area (Å²) in [7, 11) is -2.81. The molecule has 20 heavy (non-hydrogen) atoms. The fourth-order valence-electron chi connectivity index (χ4n) is 1.53. The molecule has 0 saturated carbocycles. The van der Waals surface area contributed by atoms with Gasteiger partial charge in [-0.3, -0.25) is 4.68 Å². The third kappa shape index (κ3) is 2.93. The van der Waals surface area contributed by atoms with Gasteiger partial charge in [-0.1, -0.05) is 0 Å². The Balaban J connectivity index is 2.08. The van der Waals surface area contributed by atoms with E-state index in [2.05, 4.69) is 15.4 Å². The van der Waals surface area contributed by atoms with Crippen LogP contribution in [0.3, 0.4) is 0 Å². The fraction of sp³-hybridized carbons (Fsp3) is 0.273. The first kappa shape index (κ1) is 14.4. The van der Waals surface area contributed by atoms with Crippen LogP contribution in [0.1, 0.15) is 5.82 Å². The van der Waals surface area contributed by atoms with E-state index in [4.69, 9.17) is 0 Å². The van der Waals surface area contributed by atoms with Gasteiger partial charge in [0.1, 0.15) is 12.2 Å². The van der Waals surface area contributed by atoms with Gasteiger partial charge in [0.15, 0.2) is 0 Å². The molecule has 0 amide bonds. The normalized spacial score (nSPS) is 11.8. The van der Waals surface area contributed by atoms with E-state index in [0.717, 1.165) is 12.1 Å². The zero-order valence-corrected chi connectivity index (χ0v) is 11.3. The second-order valence-corrected chi connectivity index (χ2v) is 5.90. The standard InChI is InChI=1S/C11H12F2N4O2S/c1-17-10(15-7-16-17)6-14-8-2-4-9(5-3-8)20(18,19)11(12)13/h2-5,7,11,14H,6H2,1H3. The Kier molecular flexibility index (Phi) is 3.98. The number of rotatable bonds is 5. The highest BCUT2D eigenvalue weighted by molar-refractivity contribution is 7.91. The van der Waals surface area contributed by atoms with E-state index < -0.39 is 20.5 Å². The topological polar surface area (TPSA) is 76.9 Å². The number of aromatic nitrogens is 3. The Morgan fingerprint density at radius 2 is 1.95 bits per heavy atom. The van der Waals surface area contributed by atoms with Gasteiger partial charge in [0.25, 0.3) is 0 Å². The number of halogens is 2. The lowest BCUT2D eigenvalue weighted by atomic mass is 10.3. The number of benzene rings is 1. The summed E-state index contributed by atoms with van der Waals surface area (Å²) in [6.45, 7) is 0.386.